The van der Waals surface area contributed by atoms with E-state index in [2.05, 4.69) is 138 Å². The standard InChI is InChI=1S/C45H28N2O/c46-27-41-38(32-14-8-3-9-15-32)25-35(26-39(41)33-18-16-30(17-19-33)29-10-4-1-5-11-29)34-20-23-43-40(24-34)37-22-21-36(31-12-6-2-7-13-31)44(42-28-47-42)45(37)48-43/h1-26,28,42H. The van der Waals surface area contributed by atoms with Crippen LogP contribution in [0, 0.1) is 11.3 Å². The summed E-state index contributed by atoms with van der Waals surface area (Å²) < 4.78 is 6.59. The zero-order valence-corrected chi connectivity index (χ0v) is 26.0. The second kappa shape index (κ2) is 11.4. The van der Waals surface area contributed by atoms with Crippen LogP contribution >= 0.6 is 0 Å². The van der Waals surface area contributed by atoms with Gasteiger partial charge in [0.2, 0.25) is 0 Å². The molecule has 48 heavy (non-hydrogen) atoms. The van der Waals surface area contributed by atoms with Crippen molar-refractivity contribution < 1.29 is 4.42 Å². The Morgan fingerprint density at radius 2 is 1.00 bits per heavy atom. The highest BCUT2D eigenvalue weighted by Crippen LogP contribution is 2.44. The van der Waals surface area contributed by atoms with E-state index < -0.39 is 0 Å². The predicted octanol–water partition coefficient (Wildman–Crippen LogP) is 11.9. The largest absolute Gasteiger partial charge is 0.456 e. The van der Waals surface area contributed by atoms with Gasteiger partial charge in [-0.3, -0.25) is 4.99 Å². The molecule has 0 saturated heterocycles. The summed E-state index contributed by atoms with van der Waals surface area (Å²) in [5, 5.41) is 12.7. The molecule has 1 unspecified atom stereocenters. The first-order chi connectivity index (χ1) is 23.7. The average molecular weight is 613 g/mol. The van der Waals surface area contributed by atoms with Crippen molar-refractivity contribution in [2.24, 2.45) is 4.99 Å². The summed E-state index contributed by atoms with van der Waals surface area (Å²) in [7, 11) is 0. The van der Waals surface area contributed by atoms with Crippen LogP contribution in [0.25, 0.3) is 77.6 Å². The minimum absolute atomic E-state index is 0.0340. The molecule has 1 aliphatic rings. The number of hydrogen-bond acceptors (Lipinski definition) is 3. The molecule has 9 rings (SSSR count). The maximum atomic E-state index is 10.6. The van der Waals surface area contributed by atoms with Gasteiger partial charge in [-0.2, -0.15) is 5.26 Å². The van der Waals surface area contributed by atoms with Gasteiger partial charge >= 0.3 is 0 Å². The van der Waals surface area contributed by atoms with Gasteiger partial charge in [0.05, 0.1) is 5.56 Å². The molecule has 2 heterocycles. The molecule has 7 aromatic carbocycles. The van der Waals surface area contributed by atoms with Crippen molar-refractivity contribution >= 4 is 28.2 Å². The molecule has 224 valence electrons. The van der Waals surface area contributed by atoms with Crippen LogP contribution in [-0.2, 0) is 0 Å². The van der Waals surface area contributed by atoms with Gasteiger partial charge in [-0.05, 0) is 74.8 Å². The minimum atomic E-state index is 0.0340. The molecule has 1 aromatic heterocycles. The average Bonchev–Trinajstić information content (AvgIpc) is 3.94. The Morgan fingerprint density at radius 3 is 1.60 bits per heavy atom. The molecule has 0 saturated carbocycles. The van der Waals surface area contributed by atoms with Gasteiger partial charge in [0.25, 0.3) is 0 Å². The topological polar surface area (TPSA) is 49.3 Å². The molecule has 1 aliphatic heterocycles. The second-order valence-corrected chi connectivity index (χ2v) is 12.2. The molecule has 0 bridgehead atoms. The number of furan rings is 1. The second-order valence-electron chi connectivity index (χ2n) is 12.2. The van der Waals surface area contributed by atoms with E-state index in [1.165, 1.54) is 0 Å². The van der Waals surface area contributed by atoms with Crippen molar-refractivity contribution in [2.45, 2.75) is 6.04 Å². The van der Waals surface area contributed by atoms with Crippen LogP contribution in [-0.4, -0.2) is 6.21 Å². The quantitative estimate of drug-likeness (QED) is 0.188. The number of rotatable bonds is 6. The Balaban J connectivity index is 1.22. The number of nitrogens with zero attached hydrogens (tertiary/aromatic N) is 2. The van der Waals surface area contributed by atoms with Crippen molar-refractivity contribution in [2.75, 3.05) is 0 Å². The molecular weight excluding hydrogens is 585 g/mol. The number of hydrogen-bond donors (Lipinski definition) is 0. The van der Waals surface area contributed by atoms with E-state index in [-0.39, 0.29) is 6.04 Å². The van der Waals surface area contributed by atoms with E-state index in [0.717, 1.165) is 83.1 Å². The van der Waals surface area contributed by atoms with E-state index in [1.807, 2.05) is 36.5 Å². The van der Waals surface area contributed by atoms with Gasteiger partial charge in [0.1, 0.15) is 23.3 Å². The highest BCUT2D eigenvalue weighted by atomic mass is 16.3. The molecule has 0 amide bonds. The first-order valence-electron chi connectivity index (χ1n) is 16.1. The lowest BCUT2D eigenvalue weighted by Crippen LogP contribution is -1.93. The molecule has 1 atom stereocenters. The monoisotopic (exact) mass is 612 g/mol. The highest BCUT2D eigenvalue weighted by molar-refractivity contribution is 6.10. The van der Waals surface area contributed by atoms with Gasteiger partial charge in [-0.25, -0.2) is 0 Å². The maximum Gasteiger partial charge on any atom is 0.141 e. The summed E-state index contributed by atoms with van der Waals surface area (Å²) in [5.74, 6) is 0. The molecule has 3 nitrogen and oxygen atoms in total. The number of fused-ring (bicyclic) bond motifs is 3. The lowest BCUT2D eigenvalue weighted by Gasteiger charge is -2.15. The molecule has 0 fully saturated rings. The zero-order valence-electron chi connectivity index (χ0n) is 26.0. The molecule has 0 aliphatic carbocycles. The molecule has 3 heteroatoms. The smallest absolute Gasteiger partial charge is 0.141 e. The van der Waals surface area contributed by atoms with Gasteiger partial charge < -0.3 is 4.42 Å². The fourth-order valence-electron chi connectivity index (χ4n) is 6.87. The van der Waals surface area contributed by atoms with E-state index in [9.17, 15) is 5.26 Å². The number of nitriles is 1. The Morgan fingerprint density at radius 1 is 0.479 bits per heavy atom. The van der Waals surface area contributed by atoms with Gasteiger partial charge in [-0.1, -0.05) is 127 Å². The van der Waals surface area contributed by atoms with Gasteiger partial charge in [0, 0.05) is 33.7 Å². The normalized spacial score (nSPS) is 13.5. The Bertz CT molecular complexity index is 2530. The molecule has 0 N–H and O–H groups in total. The van der Waals surface area contributed by atoms with Crippen LogP contribution in [0.4, 0.5) is 0 Å². The molecule has 0 spiro atoms. The van der Waals surface area contributed by atoms with Crippen LogP contribution < -0.4 is 0 Å². The molecule has 0 radical (unpaired) electrons. The highest BCUT2D eigenvalue weighted by Gasteiger charge is 2.26. The number of aliphatic imine (C=N–C) groups is 1. The van der Waals surface area contributed by atoms with E-state index in [0.29, 0.717) is 5.56 Å². The van der Waals surface area contributed by atoms with Crippen molar-refractivity contribution in [3.63, 3.8) is 0 Å². The first kappa shape index (κ1) is 27.8. The van der Waals surface area contributed by atoms with Crippen molar-refractivity contribution in [1.29, 1.82) is 5.26 Å². The summed E-state index contributed by atoms with van der Waals surface area (Å²) >= 11 is 0. The summed E-state index contributed by atoms with van der Waals surface area (Å²) in [5.41, 5.74) is 14.0. The van der Waals surface area contributed by atoms with E-state index in [1.54, 1.807) is 0 Å². The minimum Gasteiger partial charge on any atom is -0.456 e. The summed E-state index contributed by atoms with van der Waals surface area (Å²) in [4.78, 5) is 4.55. The third-order valence-electron chi connectivity index (χ3n) is 9.33. The Kier molecular flexibility index (Phi) is 6.59. The summed E-state index contributed by atoms with van der Waals surface area (Å²) in [6.07, 6.45) is 1.98. The fraction of sp³-hybridized carbons (Fsp3) is 0.0222. The maximum absolute atomic E-state index is 10.6. The van der Waals surface area contributed by atoms with Gasteiger partial charge in [0.15, 0.2) is 0 Å². The first-order valence-corrected chi connectivity index (χ1v) is 16.1. The predicted molar refractivity (Wildman–Crippen MR) is 197 cm³/mol. The lowest BCUT2D eigenvalue weighted by atomic mass is 9.87. The SMILES string of the molecule is N#Cc1c(-c2ccccc2)cc(-c2ccc3oc4c(C5C=N5)c(-c5ccccc5)ccc4c3c2)cc1-c1ccc(-c2ccccc2)cc1. The lowest BCUT2D eigenvalue weighted by molar-refractivity contribution is 0.663. The van der Waals surface area contributed by atoms with Crippen LogP contribution in [0.15, 0.2) is 167 Å². The summed E-state index contributed by atoms with van der Waals surface area (Å²) in [6.45, 7) is 0. The Labute approximate surface area is 278 Å². The number of benzene rings is 7. The van der Waals surface area contributed by atoms with Crippen LogP contribution in [0.2, 0.25) is 0 Å². The van der Waals surface area contributed by atoms with Crippen LogP contribution in [0.5, 0.6) is 0 Å². The van der Waals surface area contributed by atoms with E-state index in [4.69, 9.17) is 4.42 Å². The third-order valence-corrected chi connectivity index (χ3v) is 9.33. The molecular formula is C45H28N2O. The molecule has 8 aromatic rings. The third kappa shape index (κ3) is 4.80. The van der Waals surface area contributed by atoms with Gasteiger partial charge in [-0.15, -0.1) is 0 Å². The summed E-state index contributed by atoms with van der Waals surface area (Å²) in [6, 6.07) is 57.2. The van der Waals surface area contributed by atoms with Crippen molar-refractivity contribution in [3.05, 3.63) is 169 Å². The Hall–Kier alpha value is -6.50. The van der Waals surface area contributed by atoms with E-state index >= 15 is 0 Å². The zero-order chi connectivity index (χ0) is 32.0. The van der Waals surface area contributed by atoms with Crippen LogP contribution in [0.1, 0.15) is 17.2 Å². The fourth-order valence-corrected chi connectivity index (χ4v) is 6.87. The van der Waals surface area contributed by atoms with Crippen molar-refractivity contribution in [1.82, 2.24) is 0 Å². The van der Waals surface area contributed by atoms with Crippen LogP contribution in [0.3, 0.4) is 0 Å². The van der Waals surface area contributed by atoms with Crippen molar-refractivity contribution in [3.8, 4) is 61.7 Å².